The van der Waals surface area contributed by atoms with Gasteiger partial charge in [-0.15, -0.1) is 48.0 Å². The molecule has 190 valence electrons. The van der Waals surface area contributed by atoms with Crippen LogP contribution in [0.3, 0.4) is 0 Å². The second-order valence-electron chi connectivity index (χ2n) is 7.35. The van der Waals surface area contributed by atoms with E-state index in [4.69, 9.17) is 9.47 Å². The van der Waals surface area contributed by atoms with E-state index >= 15 is 0 Å². The first-order valence-electron chi connectivity index (χ1n) is 10.5. The average molecular weight is 823 g/mol. The van der Waals surface area contributed by atoms with E-state index < -0.39 is 33.7 Å². The minimum absolute atomic E-state index is 0. The van der Waals surface area contributed by atoms with Gasteiger partial charge < -0.3 is 10.9 Å². The van der Waals surface area contributed by atoms with Crippen LogP contribution in [0, 0.1) is 11.8 Å². The molecule has 0 heterocycles. The van der Waals surface area contributed by atoms with Crippen molar-refractivity contribution in [3.63, 3.8) is 0 Å². The van der Waals surface area contributed by atoms with Gasteiger partial charge in [0.05, 0.1) is 19.6 Å². The predicted octanol–water partition coefficient (Wildman–Crippen LogP) is 1.59. The molecule has 0 amide bonds. The van der Waals surface area contributed by atoms with E-state index in [1.165, 1.54) is 0 Å². The number of hydrogen-bond donors (Lipinski definition) is 1. The molecule has 3 unspecified atom stereocenters. The Kier molecular flexibility index (Phi) is 36.1. The maximum absolute atomic E-state index is 12.2. The van der Waals surface area contributed by atoms with Crippen molar-refractivity contribution in [1.82, 2.24) is 0 Å². The van der Waals surface area contributed by atoms with E-state index in [9.17, 15) is 22.6 Å². The Hall–Kier alpha value is 2.11. The number of hydrogen-bond acceptors (Lipinski definition) is 6. The first-order chi connectivity index (χ1) is 13.2. The van der Waals surface area contributed by atoms with E-state index in [2.05, 4.69) is 13.8 Å². The predicted molar refractivity (Wildman–Crippen MR) is 149 cm³/mol. The van der Waals surface area contributed by atoms with Gasteiger partial charge in [0, 0.05) is 0 Å². The summed E-state index contributed by atoms with van der Waals surface area (Å²) in [5.74, 6) is -1.61. The summed E-state index contributed by atoms with van der Waals surface area (Å²) >= 11 is 0. The van der Waals surface area contributed by atoms with Crippen LogP contribution < -0.4 is 29.6 Å². The van der Waals surface area contributed by atoms with Gasteiger partial charge in [-0.05, 0) is 24.7 Å². The van der Waals surface area contributed by atoms with E-state index in [-0.39, 0.29) is 128 Å². The average Bonchev–Trinajstić information content (AvgIpc) is 2.65. The zero-order valence-electron chi connectivity index (χ0n) is 21.3. The van der Waals surface area contributed by atoms with Crippen molar-refractivity contribution in [2.45, 2.75) is 90.7 Å². The molecular weight excluding hydrogens is 780 g/mol. The molecular formula is C20H43I2NaO7SSn. The van der Waals surface area contributed by atoms with Crippen LogP contribution in [0.5, 0.6) is 0 Å². The second kappa shape index (κ2) is 26.2. The summed E-state index contributed by atoms with van der Waals surface area (Å²) in [6.45, 7) is 8.35. The summed E-state index contributed by atoms with van der Waals surface area (Å²) in [7, 11) is -4.76. The number of ether oxygens (including phenoxy) is 2. The second-order valence-corrected chi connectivity index (χ2v) is 8.95. The molecule has 7 nitrogen and oxygen atoms in total. The van der Waals surface area contributed by atoms with Crippen LogP contribution in [0.25, 0.3) is 0 Å². The Bertz CT molecular complexity index is 575. The number of carbonyl (C=O) groups is 2. The van der Waals surface area contributed by atoms with Crippen molar-refractivity contribution in [2.24, 2.45) is 11.8 Å². The fourth-order valence-corrected chi connectivity index (χ4v) is 3.48. The molecule has 0 fully saturated rings. The molecule has 0 aliphatic carbocycles. The third-order valence-corrected chi connectivity index (χ3v) is 6.08. The molecule has 0 aliphatic rings. The molecule has 1 N–H and O–H groups in total. The molecule has 0 spiro atoms. The first-order valence-corrected chi connectivity index (χ1v) is 12.0. The van der Waals surface area contributed by atoms with Gasteiger partial charge in [-0.3, -0.25) is 14.1 Å². The van der Waals surface area contributed by atoms with Crippen molar-refractivity contribution >= 4 is 93.9 Å². The van der Waals surface area contributed by atoms with Gasteiger partial charge in [-0.1, -0.05) is 66.2 Å². The van der Waals surface area contributed by atoms with Crippen LogP contribution in [0.1, 0.15) is 86.9 Å². The summed E-state index contributed by atoms with van der Waals surface area (Å²) in [4.78, 5) is 24.2. The van der Waals surface area contributed by atoms with Crippen LogP contribution in [0.2, 0.25) is 0 Å². The van der Waals surface area contributed by atoms with Gasteiger partial charge in [0.25, 0.3) is 10.1 Å². The van der Waals surface area contributed by atoms with E-state index in [1.54, 1.807) is 0 Å². The zero-order valence-corrected chi connectivity index (χ0v) is 31.9. The molecule has 0 rings (SSSR count). The molecule has 32 heavy (non-hydrogen) atoms. The van der Waals surface area contributed by atoms with Crippen LogP contribution in [0.15, 0.2) is 0 Å². The Morgan fingerprint density at radius 3 is 1.62 bits per heavy atom. The Labute approximate surface area is 269 Å². The monoisotopic (exact) mass is 824 g/mol. The standard InChI is InChI=1S/C20H38O7S.2HI.Na.Sn.3H/c1-5-9-11-16(7-3)14-26-19(21)13-18(28(23,24)25)20(22)27-15-17(8-4)12-10-6-2;;;;;;;/h16-18H,5-15H2,1-4H3,(H,23,24,25);2*1H;;;;;/q;;;+1;;;;-1. The number of halogens is 2. The molecule has 0 saturated heterocycles. The summed E-state index contributed by atoms with van der Waals surface area (Å²) in [5, 5.41) is -1.95. The van der Waals surface area contributed by atoms with Gasteiger partial charge >= 0.3 is 65.4 Å². The first kappa shape index (κ1) is 44.1. The van der Waals surface area contributed by atoms with Crippen molar-refractivity contribution in [3.05, 3.63) is 0 Å². The molecule has 0 aromatic rings. The van der Waals surface area contributed by atoms with Crippen molar-refractivity contribution in [1.29, 1.82) is 0 Å². The molecule has 0 bridgehead atoms. The maximum atomic E-state index is 12.2. The summed E-state index contributed by atoms with van der Waals surface area (Å²) < 4.78 is 42.8. The van der Waals surface area contributed by atoms with Gasteiger partial charge in [-0.2, -0.15) is 8.42 Å². The van der Waals surface area contributed by atoms with Crippen LogP contribution >= 0.6 is 48.0 Å². The molecule has 12 heteroatoms. The molecule has 0 aromatic heterocycles. The fraction of sp³-hybridized carbons (Fsp3) is 0.900. The quantitative estimate of drug-likeness (QED) is 0.109. The third-order valence-electron chi connectivity index (χ3n) is 5.00. The Balaban J connectivity index is -0.000000364. The van der Waals surface area contributed by atoms with Crippen molar-refractivity contribution < 1.29 is 63.0 Å². The normalized spacial score (nSPS) is 13.0. The van der Waals surface area contributed by atoms with Gasteiger partial charge in [-0.25, -0.2) is 0 Å². The molecule has 2 radical (unpaired) electrons. The van der Waals surface area contributed by atoms with Crippen LogP contribution in [-0.2, 0) is 29.2 Å². The minimum atomic E-state index is -4.76. The van der Waals surface area contributed by atoms with Crippen molar-refractivity contribution in [2.75, 3.05) is 13.2 Å². The fourth-order valence-electron chi connectivity index (χ4n) is 2.82. The van der Waals surface area contributed by atoms with Crippen molar-refractivity contribution in [3.8, 4) is 0 Å². The Morgan fingerprint density at radius 2 is 1.28 bits per heavy atom. The summed E-state index contributed by atoms with van der Waals surface area (Å²) in [6.07, 6.45) is 6.74. The van der Waals surface area contributed by atoms with E-state index in [0.29, 0.717) is 0 Å². The summed E-state index contributed by atoms with van der Waals surface area (Å²) in [6, 6.07) is 0. The SMILES string of the molecule is CCCCC(CC)COC(=O)CC(C(=O)OCC(CC)CCCC)S(=O)(=O)O.I.I.[H-].[Na+].[SnH2]. The molecule has 0 aromatic carbocycles. The number of esters is 2. The number of carbonyl (C=O) groups excluding carboxylic acids is 2. The topological polar surface area (TPSA) is 107 Å². The third kappa shape index (κ3) is 21.4. The Morgan fingerprint density at radius 1 is 0.875 bits per heavy atom. The molecule has 3 atom stereocenters. The van der Waals surface area contributed by atoms with Gasteiger partial charge in [0.1, 0.15) is 0 Å². The molecule has 0 aliphatic heterocycles. The van der Waals surface area contributed by atoms with Gasteiger partial charge in [0.15, 0.2) is 5.25 Å². The summed E-state index contributed by atoms with van der Waals surface area (Å²) in [5.41, 5.74) is 0. The number of rotatable bonds is 16. The number of unbranched alkanes of at least 4 members (excludes halogenated alkanes) is 2. The zero-order chi connectivity index (χ0) is 21.6. The van der Waals surface area contributed by atoms with Gasteiger partial charge in [0.2, 0.25) is 0 Å². The molecule has 0 saturated carbocycles. The van der Waals surface area contributed by atoms with Crippen LogP contribution in [0.4, 0.5) is 0 Å². The van der Waals surface area contributed by atoms with E-state index in [1.807, 2.05) is 13.8 Å². The van der Waals surface area contributed by atoms with Crippen LogP contribution in [-0.4, -0.2) is 67.3 Å². The van der Waals surface area contributed by atoms with E-state index in [0.717, 1.165) is 51.4 Å².